The zero-order valence-electron chi connectivity index (χ0n) is 11.8. The lowest BCUT2D eigenvalue weighted by molar-refractivity contribution is 0.362. The Morgan fingerprint density at radius 3 is 2.39 bits per heavy atom. The van der Waals surface area contributed by atoms with Gasteiger partial charge in [0.25, 0.3) is 0 Å². The molecule has 0 fully saturated rings. The molecule has 2 atom stereocenters. The Kier molecular flexibility index (Phi) is 5.18. The minimum Gasteiger partial charge on any atom is -0.496 e. The highest BCUT2D eigenvalue weighted by Crippen LogP contribution is 2.30. The number of nitrogens with zero attached hydrogens (tertiary/aromatic N) is 1. The summed E-state index contributed by atoms with van der Waals surface area (Å²) in [5, 5.41) is 12.6. The van der Waals surface area contributed by atoms with Crippen LogP contribution in [0.3, 0.4) is 0 Å². The first kappa shape index (κ1) is 14.5. The summed E-state index contributed by atoms with van der Waals surface area (Å²) in [4.78, 5) is 0. The van der Waals surface area contributed by atoms with Crippen molar-refractivity contribution in [2.75, 3.05) is 14.2 Å². The monoisotopic (exact) mass is 246 g/mol. The van der Waals surface area contributed by atoms with Crippen LogP contribution >= 0.6 is 0 Å². The van der Waals surface area contributed by atoms with Crippen LogP contribution in [-0.4, -0.2) is 14.2 Å². The van der Waals surface area contributed by atoms with Crippen molar-refractivity contribution in [3.8, 4) is 11.8 Å². The molecule has 0 aliphatic heterocycles. The summed E-state index contributed by atoms with van der Waals surface area (Å²) < 4.78 is 5.26. The van der Waals surface area contributed by atoms with Gasteiger partial charge in [-0.25, -0.2) is 0 Å². The lowest BCUT2D eigenvalue weighted by atomic mass is 9.85. The van der Waals surface area contributed by atoms with Crippen molar-refractivity contribution in [1.29, 1.82) is 5.26 Å². The Morgan fingerprint density at radius 2 is 2.00 bits per heavy atom. The largest absolute Gasteiger partial charge is 0.496 e. The Labute approximate surface area is 110 Å². The third-order valence-electron chi connectivity index (χ3n) is 3.32. The molecule has 0 heterocycles. The van der Waals surface area contributed by atoms with E-state index < -0.39 is 0 Å². The normalized spacial score (nSPS) is 14.1. The summed E-state index contributed by atoms with van der Waals surface area (Å²) in [5.41, 5.74) is 2.23. The van der Waals surface area contributed by atoms with Gasteiger partial charge < -0.3 is 10.1 Å². The summed E-state index contributed by atoms with van der Waals surface area (Å²) >= 11 is 0. The average molecular weight is 246 g/mol. The van der Waals surface area contributed by atoms with Crippen LogP contribution in [-0.2, 0) is 0 Å². The lowest BCUT2D eigenvalue weighted by Crippen LogP contribution is -2.27. The Balaban J connectivity index is 3.10. The summed E-state index contributed by atoms with van der Waals surface area (Å²) in [7, 11) is 3.57. The molecule has 0 aliphatic carbocycles. The average Bonchev–Trinajstić information content (AvgIpc) is 2.35. The fourth-order valence-corrected chi connectivity index (χ4v) is 2.26. The van der Waals surface area contributed by atoms with Gasteiger partial charge in [0.15, 0.2) is 0 Å². The van der Waals surface area contributed by atoms with Crippen LogP contribution in [0.5, 0.6) is 5.75 Å². The van der Waals surface area contributed by atoms with E-state index in [9.17, 15) is 5.26 Å². The molecule has 1 aromatic rings. The van der Waals surface area contributed by atoms with Crippen molar-refractivity contribution in [3.63, 3.8) is 0 Å². The second-order valence-corrected chi connectivity index (χ2v) is 4.89. The first-order chi connectivity index (χ1) is 8.54. The van der Waals surface area contributed by atoms with Crippen molar-refractivity contribution < 1.29 is 4.74 Å². The van der Waals surface area contributed by atoms with Gasteiger partial charge in [-0.1, -0.05) is 26.0 Å². The van der Waals surface area contributed by atoms with Crippen molar-refractivity contribution in [3.05, 3.63) is 29.3 Å². The van der Waals surface area contributed by atoms with Crippen LogP contribution in [0.2, 0.25) is 0 Å². The number of hydrogen-bond acceptors (Lipinski definition) is 3. The van der Waals surface area contributed by atoms with E-state index in [1.165, 1.54) is 0 Å². The molecule has 18 heavy (non-hydrogen) atoms. The molecule has 1 N–H and O–H groups in total. The number of nitriles is 1. The van der Waals surface area contributed by atoms with Gasteiger partial charge in [0.05, 0.1) is 19.1 Å². The fourth-order valence-electron chi connectivity index (χ4n) is 2.26. The maximum atomic E-state index is 9.31. The molecule has 1 rings (SSSR count). The third-order valence-corrected chi connectivity index (χ3v) is 3.32. The third kappa shape index (κ3) is 3.02. The van der Waals surface area contributed by atoms with E-state index in [0.717, 1.165) is 16.9 Å². The first-order valence-corrected chi connectivity index (χ1v) is 6.26. The van der Waals surface area contributed by atoms with Crippen LogP contribution in [0.4, 0.5) is 0 Å². The van der Waals surface area contributed by atoms with Gasteiger partial charge in [0, 0.05) is 6.04 Å². The molecular weight excluding hydrogens is 224 g/mol. The van der Waals surface area contributed by atoms with Gasteiger partial charge in [0.2, 0.25) is 0 Å². The quantitative estimate of drug-likeness (QED) is 0.868. The van der Waals surface area contributed by atoms with Gasteiger partial charge in [-0.05, 0) is 37.1 Å². The molecule has 98 valence electrons. The van der Waals surface area contributed by atoms with E-state index >= 15 is 0 Å². The van der Waals surface area contributed by atoms with E-state index in [4.69, 9.17) is 4.74 Å². The smallest absolute Gasteiger partial charge is 0.121 e. The molecular formula is C15H22N2O. The molecule has 3 heteroatoms. The Bertz CT molecular complexity index is 435. The highest BCUT2D eigenvalue weighted by molar-refractivity contribution is 5.38. The van der Waals surface area contributed by atoms with Crippen molar-refractivity contribution in [2.45, 2.75) is 26.8 Å². The van der Waals surface area contributed by atoms with Gasteiger partial charge >= 0.3 is 0 Å². The zero-order valence-corrected chi connectivity index (χ0v) is 11.8. The number of hydrogen-bond donors (Lipinski definition) is 1. The van der Waals surface area contributed by atoms with Crippen LogP contribution in [0.25, 0.3) is 0 Å². The van der Waals surface area contributed by atoms with Crippen molar-refractivity contribution in [1.82, 2.24) is 5.32 Å². The zero-order chi connectivity index (χ0) is 13.7. The molecule has 0 aromatic heterocycles. The summed E-state index contributed by atoms with van der Waals surface area (Å²) in [6, 6.07) is 8.54. The number of ether oxygens (including phenoxy) is 1. The molecule has 0 aliphatic rings. The van der Waals surface area contributed by atoms with Crippen LogP contribution in [0.15, 0.2) is 18.2 Å². The van der Waals surface area contributed by atoms with E-state index in [2.05, 4.69) is 31.3 Å². The maximum absolute atomic E-state index is 9.31. The Hall–Kier alpha value is -1.53. The molecule has 0 spiro atoms. The predicted octanol–water partition coefficient (Wildman–Crippen LogP) is 3.06. The predicted molar refractivity (Wildman–Crippen MR) is 73.5 cm³/mol. The van der Waals surface area contributed by atoms with Crippen molar-refractivity contribution >= 4 is 0 Å². The lowest BCUT2D eigenvalue weighted by Gasteiger charge is -2.25. The van der Waals surface area contributed by atoms with E-state index in [-0.39, 0.29) is 12.0 Å². The molecule has 2 unspecified atom stereocenters. The summed E-state index contributed by atoms with van der Waals surface area (Å²) in [6.07, 6.45) is 0. The second kappa shape index (κ2) is 6.42. The van der Waals surface area contributed by atoms with E-state index in [1.54, 1.807) is 7.11 Å². The number of methoxy groups -OCH3 is 1. The standard InChI is InChI=1S/C15H22N2O/c1-10(2)13(9-16)15(17-4)12-6-7-14(18-5)11(3)8-12/h6-8,10,13,15,17H,1-5H3. The SMILES string of the molecule is CNC(c1ccc(OC)c(C)c1)C(C#N)C(C)C. The van der Waals surface area contributed by atoms with Gasteiger partial charge in [-0.15, -0.1) is 0 Å². The fraction of sp³-hybridized carbons (Fsp3) is 0.533. The Morgan fingerprint density at radius 1 is 1.33 bits per heavy atom. The van der Waals surface area contributed by atoms with E-state index in [0.29, 0.717) is 5.92 Å². The minimum absolute atomic E-state index is 0.0391. The number of rotatable bonds is 5. The molecule has 1 aromatic carbocycles. The number of benzene rings is 1. The molecule has 3 nitrogen and oxygen atoms in total. The van der Waals surface area contributed by atoms with Gasteiger partial charge in [0.1, 0.15) is 5.75 Å². The van der Waals surface area contributed by atoms with Gasteiger partial charge in [-0.2, -0.15) is 5.26 Å². The van der Waals surface area contributed by atoms with Crippen LogP contribution in [0, 0.1) is 30.1 Å². The number of nitrogens with one attached hydrogen (secondary N) is 1. The second-order valence-electron chi connectivity index (χ2n) is 4.89. The van der Waals surface area contributed by atoms with Crippen LogP contribution < -0.4 is 10.1 Å². The summed E-state index contributed by atoms with van der Waals surface area (Å²) in [5.74, 6) is 1.16. The van der Waals surface area contributed by atoms with Gasteiger partial charge in [-0.3, -0.25) is 0 Å². The first-order valence-electron chi connectivity index (χ1n) is 6.26. The molecule has 0 radical (unpaired) electrons. The molecule has 0 saturated heterocycles. The van der Waals surface area contributed by atoms with E-state index in [1.807, 2.05) is 26.1 Å². The molecule has 0 amide bonds. The maximum Gasteiger partial charge on any atom is 0.121 e. The highest BCUT2D eigenvalue weighted by atomic mass is 16.5. The molecule has 0 bridgehead atoms. The number of aryl methyl sites for hydroxylation is 1. The highest BCUT2D eigenvalue weighted by Gasteiger charge is 2.24. The minimum atomic E-state index is -0.0391. The molecule has 0 saturated carbocycles. The van der Waals surface area contributed by atoms with Crippen LogP contribution in [0.1, 0.15) is 31.0 Å². The van der Waals surface area contributed by atoms with Crippen molar-refractivity contribution in [2.24, 2.45) is 11.8 Å². The summed E-state index contributed by atoms with van der Waals surface area (Å²) in [6.45, 7) is 6.18. The topological polar surface area (TPSA) is 45.0 Å².